The lowest BCUT2D eigenvalue weighted by Gasteiger charge is -2.18. The fraction of sp³-hybridized carbons (Fsp3) is 0.235. The standard InChI is InChI=1S/C17H19F2N3O2/c1-22(2)16-13(18)8-12(9-14(16)19)20-17(24)21-15(10-23)11-6-4-3-5-7-11/h3-9,15,23H,10H2,1-2H3,(H2,20,21,24)/t15-/m1/s1. The molecule has 0 unspecified atom stereocenters. The van der Waals surface area contributed by atoms with Crippen LogP contribution in [-0.2, 0) is 0 Å². The largest absolute Gasteiger partial charge is 0.394 e. The maximum atomic E-state index is 13.9. The monoisotopic (exact) mass is 335 g/mol. The van der Waals surface area contributed by atoms with Gasteiger partial charge in [0, 0.05) is 19.8 Å². The van der Waals surface area contributed by atoms with Gasteiger partial charge in [0.05, 0.1) is 12.6 Å². The summed E-state index contributed by atoms with van der Waals surface area (Å²) in [5.74, 6) is -1.56. The number of carbonyl (C=O) groups excluding carboxylic acids is 1. The number of aliphatic hydroxyl groups is 1. The number of nitrogens with one attached hydrogen (secondary N) is 2. The summed E-state index contributed by atoms with van der Waals surface area (Å²) in [4.78, 5) is 13.3. The maximum Gasteiger partial charge on any atom is 0.319 e. The molecule has 7 heteroatoms. The van der Waals surface area contributed by atoms with Crippen LogP contribution in [0.5, 0.6) is 0 Å². The highest BCUT2D eigenvalue weighted by atomic mass is 19.1. The Bertz CT molecular complexity index is 685. The highest BCUT2D eigenvalue weighted by molar-refractivity contribution is 5.89. The lowest BCUT2D eigenvalue weighted by atomic mass is 10.1. The Kier molecular flexibility index (Phi) is 5.70. The maximum absolute atomic E-state index is 13.9. The van der Waals surface area contributed by atoms with Crippen molar-refractivity contribution in [2.24, 2.45) is 0 Å². The molecule has 1 atom stereocenters. The summed E-state index contributed by atoms with van der Waals surface area (Å²) in [6.45, 7) is -0.306. The van der Waals surface area contributed by atoms with Gasteiger partial charge in [0.1, 0.15) is 5.69 Å². The molecule has 0 heterocycles. The van der Waals surface area contributed by atoms with E-state index < -0.39 is 23.7 Å². The predicted octanol–water partition coefficient (Wildman–Crippen LogP) is 2.89. The van der Waals surface area contributed by atoms with E-state index in [9.17, 15) is 18.7 Å². The van der Waals surface area contributed by atoms with Gasteiger partial charge in [-0.3, -0.25) is 0 Å². The van der Waals surface area contributed by atoms with Crippen molar-refractivity contribution in [1.82, 2.24) is 5.32 Å². The molecule has 2 rings (SSSR count). The number of carbonyl (C=O) groups is 1. The zero-order valence-electron chi connectivity index (χ0n) is 13.4. The van der Waals surface area contributed by atoms with Crippen molar-refractivity contribution in [2.45, 2.75) is 6.04 Å². The molecule has 128 valence electrons. The summed E-state index contributed by atoms with van der Waals surface area (Å²) >= 11 is 0. The van der Waals surface area contributed by atoms with Crippen LogP contribution in [0.15, 0.2) is 42.5 Å². The second-order valence-electron chi connectivity index (χ2n) is 5.43. The van der Waals surface area contributed by atoms with Crippen molar-refractivity contribution < 1.29 is 18.7 Å². The second-order valence-corrected chi connectivity index (χ2v) is 5.43. The summed E-state index contributed by atoms with van der Waals surface area (Å²) < 4.78 is 27.8. The second kappa shape index (κ2) is 7.74. The van der Waals surface area contributed by atoms with Crippen LogP contribution in [0.1, 0.15) is 11.6 Å². The third-order valence-corrected chi connectivity index (χ3v) is 3.41. The number of hydrogen-bond acceptors (Lipinski definition) is 3. The van der Waals surface area contributed by atoms with Gasteiger partial charge in [0.25, 0.3) is 0 Å². The van der Waals surface area contributed by atoms with E-state index in [-0.39, 0.29) is 18.0 Å². The third-order valence-electron chi connectivity index (χ3n) is 3.41. The minimum absolute atomic E-state index is 0.0159. The van der Waals surface area contributed by atoms with Gasteiger partial charge < -0.3 is 20.6 Å². The Labute approximate surface area is 138 Å². The molecule has 0 saturated carbocycles. The van der Waals surface area contributed by atoms with Crippen molar-refractivity contribution in [3.63, 3.8) is 0 Å². The Morgan fingerprint density at radius 1 is 1.17 bits per heavy atom. The van der Waals surface area contributed by atoms with Gasteiger partial charge in [0.2, 0.25) is 0 Å². The molecule has 5 nitrogen and oxygen atoms in total. The Morgan fingerprint density at radius 3 is 2.25 bits per heavy atom. The van der Waals surface area contributed by atoms with Crippen molar-refractivity contribution in [2.75, 3.05) is 30.9 Å². The van der Waals surface area contributed by atoms with E-state index in [1.807, 2.05) is 6.07 Å². The van der Waals surface area contributed by atoms with Crippen LogP contribution in [0.25, 0.3) is 0 Å². The number of halogens is 2. The molecule has 0 aliphatic carbocycles. The fourth-order valence-electron chi connectivity index (χ4n) is 2.31. The molecule has 2 aromatic rings. The van der Waals surface area contributed by atoms with E-state index in [2.05, 4.69) is 10.6 Å². The van der Waals surface area contributed by atoms with Crippen LogP contribution < -0.4 is 15.5 Å². The number of amides is 2. The fourth-order valence-corrected chi connectivity index (χ4v) is 2.31. The minimum Gasteiger partial charge on any atom is -0.394 e. The summed E-state index contributed by atoms with van der Waals surface area (Å²) in [7, 11) is 3.04. The number of urea groups is 1. The van der Waals surface area contributed by atoms with Crippen LogP contribution in [0.2, 0.25) is 0 Å². The summed E-state index contributed by atoms with van der Waals surface area (Å²) in [5.41, 5.74) is 0.520. The number of benzene rings is 2. The number of nitrogens with zero attached hydrogens (tertiary/aromatic N) is 1. The van der Waals surface area contributed by atoms with Gasteiger partial charge >= 0.3 is 6.03 Å². The van der Waals surface area contributed by atoms with Gasteiger partial charge in [-0.05, 0) is 17.7 Å². The van der Waals surface area contributed by atoms with Gasteiger partial charge in [-0.2, -0.15) is 0 Å². The molecule has 0 bridgehead atoms. The lowest BCUT2D eigenvalue weighted by molar-refractivity contribution is 0.225. The molecular weight excluding hydrogens is 316 g/mol. The number of hydrogen-bond donors (Lipinski definition) is 3. The molecule has 0 radical (unpaired) electrons. The normalized spacial score (nSPS) is 11.7. The van der Waals surface area contributed by atoms with Crippen molar-refractivity contribution in [3.8, 4) is 0 Å². The molecule has 0 spiro atoms. The highest BCUT2D eigenvalue weighted by Gasteiger charge is 2.16. The molecule has 0 aliphatic heterocycles. The average Bonchev–Trinajstić information content (AvgIpc) is 2.52. The van der Waals surface area contributed by atoms with Crippen molar-refractivity contribution in [1.29, 1.82) is 0 Å². The van der Waals surface area contributed by atoms with E-state index in [0.29, 0.717) is 0 Å². The van der Waals surface area contributed by atoms with Gasteiger partial charge in [-0.25, -0.2) is 13.6 Å². The Balaban J connectivity index is 2.09. The molecule has 0 aliphatic rings. The molecule has 0 fully saturated rings. The number of rotatable bonds is 5. The topological polar surface area (TPSA) is 64.6 Å². The van der Waals surface area contributed by atoms with Crippen LogP contribution in [-0.4, -0.2) is 31.8 Å². The van der Waals surface area contributed by atoms with Crippen molar-refractivity contribution in [3.05, 3.63) is 59.7 Å². The van der Waals surface area contributed by atoms with Crippen LogP contribution >= 0.6 is 0 Å². The van der Waals surface area contributed by atoms with Crippen molar-refractivity contribution >= 4 is 17.4 Å². The van der Waals surface area contributed by atoms with E-state index in [1.165, 1.54) is 19.0 Å². The summed E-state index contributed by atoms with van der Waals surface area (Å²) in [6, 6.07) is 9.67. The smallest absolute Gasteiger partial charge is 0.319 e. The first-order valence-electron chi connectivity index (χ1n) is 7.32. The van der Waals surface area contributed by atoms with Crippen LogP contribution in [0.4, 0.5) is 25.0 Å². The van der Waals surface area contributed by atoms with E-state index in [1.54, 1.807) is 24.3 Å². The molecule has 0 aromatic heterocycles. The number of anilines is 2. The van der Waals surface area contributed by atoms with E-state index in [4.69, 9.17) is 0 Å². The van der Waals surface area contributed by atoms with Crippen LogP contribution in [0, 0.1) is 11.6 Å². The SMILES string of the molecule is CN(C)c1c(F)cc(NC(=O)N[C@H](CO)c2ccccc2)cc1F. The van der Waals surface area contributed by atoms with E-state index in [0.717, 1.165) is 17.7 Å². The Morgan fingerprint density at radius 2 is 1.75 bits per heavy atom. The molecule has 0 saturated heterocycles. The van der Waals surface area contributed by atoms with Gasteiger partial charge in [-0.1, -0.05) is 30.3 Å². The predicted molar refractivity (Wildman–Crippen MR) is 89.1 cm³/mol. The van der Waals surface area contributed by atoms with Gasteiger partial charge in [-0.15, -0.1) is 0 Å². The molecule has 2 amide bonds. The highest BCUT2D eigenvalue weighted by Crippen LogP contribution is 2.25. The molecule has 24 heavy (non-hydrogen) atoms. The summed E-state index contributed by atoms with van der Waals surface area (Å²) in [5, 5.41) is 14.3. The number of aliphatic hydroxyl groups excluding tert-OH is 1. The first-order valence-corrected chi connectivity index (χ1v) is 7.32. The average molecular weight is 335 g/mol. The van der Waals surface area contributed by atoms with E-state index >= 15 is 0 Å². The zero-order valence-corrected chi connectivity index (χ0v) is 13.4. The lowest BCUT2D eigenvalue weighted by Crippen LogP contribution is -2.34. The van der Waals surface area contributed by atoms with Gasteiger partial charge in [0.15, 0.2) is 11.6 Å². The first-order chi connectivity index (χ1) is 11.4. The first kappa shape index (κ1) is 17.7. The molecule has 2 aromatic carbocycles. The summed E-state index contributed by atoms with van der Waals surface area (Å²) in [6.07, 6.45) is 0. The quantitative estimate of drug-likeness (QED) is 0.787. The van der Waals surface area contributed by atoms with Crippen LogP contribution in [0.3, 0.4) is 0 Å². The Hall–Kier alpha value is -2.67. The third kappa shape index (κ3) is 4.20. The zero-order chi connectivity index (χ0) is 17.7. The molecular formula is C17H19F2N3O2. The minimum atomic E-state index is -0.780. The molecule has 3 N–H and O–H groups in total.